The van der Waals surface area contributed by atoms with E-state index < -0.39 is 5.97 Å². The van der Waals surface area contributed by atoms with E-state index in [1.165, 1.54) is 6.20 Å². The molecule has 0 aliphatic heterocycles. The number of hydrogen-bond acceptors (Lipinski definition) is 6. The minimum atomic E-state index is -0.654. The molecular formula is C18H14N4O2. The molecule has 2 aromatic carbocycles. The van der Waals surface area contributed by atoms with Crippen molar-refractivity contribution in [2.24, 2.45) is 0 Å². The van der Waals surface area contributed by atoms with Crippen LogP contribution >= 0.6 is 0 Å². The molecule has 3 rings (SSSR count). The Labute approximate surface area is 138 Å². The van der Waals surface area contributed by atoms with Gasteiger partial charge in [-0.15, -0.1) is 0 Å². The zero-order valence-electron chi connectivity index (χ0n) is 13.0. The molecule has 3 aromatic rings. The van der Waals surface area contributed by atoms with Gasteiger partial charge in [-0.05, 0) is 37.3 Å². The number of hydrogen-bond donors (Lipinski definition) is 1. The van der Waals surface area contributed by atoms with E-state index in [1.54, 1.807) is 6.92 Å². The van der Waals surface area contributed by atoms with Crippen LogP contribution in [-0.4, -0.2) is 22.5 Å². The summed E-state index contributed by atoms with van der Waals surface area (Å²) < 4.78 is 4.81. The Bertz CT molecular complexity index is 989. The number of rotatable bonds is 4. The maximum Gasteiger partial charge on any atom is 0.350 e. The lowest BCUT2D eigenvalue weighted by Crippen LogP contribution is -2.07. The number of nitriles is 1. The number of carbonyl (C=O) groups excluding carboxylic acids is 1. The third-order valence-corrected chi connectivity index (χ3v) is 3.34. The van der Waals surface area contributed by atoms with Crippen molar-refractivity contribution in [1.29, 1.82) is 5.26 Å². The van der Waals surface area contributed by atoms with Crippen LogP contribution in [0.3, 0.4) is 0 Å². The summed E-state index contributed by atoms with van der Waals surface area (Å²) in [7, 11) is 0. The summed E-state index contributed by atoms with van der Waals surface area (Å²) in [5, 5.41) is 11.9. The van der Waals surface area contributed by atoms with E-state index in [4.69, 9.17) is 10.00 Å². The van der Waals surface area contributed by atoms with Gasteiger partial charge in [0.2, 0.25) is 0 Å². The molecule has 0 atom stereocenters. The van der Waals surface area contributed by atoms with Crippen LogP contribution in [0.25, 0.3) is 22.1 Å². The molecule has 0 radical (unpaired) electrons. The molecule has 6 nitrogen and oxygen atoms in total. The Morgan fingerprint density at radius 3 is 2.50 bits per heavy atom. The fourth-order valence-corrected chi connectivity index (χ4v) is 2.21. The van der Waals surface area contributed by atoms with Gasteiger partial charge in [0.05, 0.1) is 28.7 Å². The molecule has 0 saturated carbocycles. The molecule has 0 unspecified atom stereocenters. The van der Waals surface area contributed by atoms with Crippen LogP contribution in [0.4, 0.5) is 5.69 Å². The molecule has 1 heterocycles. The first kappa shape index (κ1) is 15.4. The SMILES string of the molecule is CCOC(=O)/C(C#N)=C\Nc1ccc2nc3ccccc3nc2c1. The van der Waals surface area contributed by atoms with Gasteiger partial charge in [0.1, 0.15) is 6.07 Å². The molecule has 0 amide bonds. The third-order valence-electron chi connectivity index (χ3n) is 3.34. The fourth-order valence-electron chi connectivity index (χ4n) is 2.21. The number of carbonyl (C=O) groups is 1. The molecule has 0 aliphatic carbocycles. The average Bonchev–Trinajstić information content (AvgIpc) is 2.60. The van der Waals surface area contributed by atoms with Gasteiger partial charge in [-0.25, -0.2) is 14.8 Å². The highest BCUT2D eigenvalue weighted by molar-refractivity contribution is 5.93. The first-order valence-electron chi connectivity index (χ1n) is 7.41. The highest BCUT2D eigenvalue weighted by Gasteiger charge is 2.09. The van der Waals surface area contributed by atoms with Gasteiger partial charge < -0.3 is 10.1 Å². The van der Waals surface area contributed by atoms with Crippen LogP contribution < -0.4 is 5.32 Å². The summed E-state index contributed by atoms with van der Waals surface area (Å²) in [4.78, 5) is 20.7. The zero-order chi connectivity index (χ0) is 16.9. The quantitative estimate of drug-likeness (QED) is 0.344. The Hall–Kier alpha value is -3.46. The molecule has 1 aromatic heterocycles. The predicted octanol–water partition coefficient (Wildman–Crippen LogP) is 3.17. The van der Waals surface area contributed by atoms with Crippen molar-refractivity contribution >= 4 is 33.7 Å². The highest BCUT2D eigenvalue weighted by atomic mass is 16.5. The normalized spacial score (nSPS) is 11.2. The zero-order valence-corrected chi connectivity index (χ0v) is 13.0. The topological polar surface area (TPSA) is 87.9 Å². The minimum Gasteiger partial charge on any atom is -0.462 e. The fraction of sp³-hybridized carbons (Fsp3) is 0.111. The second kappa shape index (κ2) is 6.75. The Kier molecular flexibility index (Phi) is 4.34. The number of anilines is 1. The molecule has 24 heavy (non-hydrogen) atoms. The van der Waals surface area contributed by atoms with Crippen LogP contribution in [-0.2, 0) is 9.53 Å². The molecule has 0 spiro atoms. The minimum absolute atomic E-state index is 0.0958. The molecule has 0 saturated heterocycles. The average molecular weight is 318 g/mol. The summed E-state index contributed by atoms with van der Waals surface area (Å²) in [5.41, 5.74) is 3.74. The Morgan fingerprint density at radius 2 is 1.83 bits per heavy atom. The van der Waals surface area contributed by atoms with Gasteiger partial charge >= 0.3 is 5.97 Å². The van der Waals surface area contributed by atoms with Gasteiger partial charge in [-0.2, -0.15) is 5.26 Å². The molecule has 1 N–H and O–H groups in total. The van der Waals surface area contributed by atoms with E-state index in [-0.39, 0.29) is 12.2 Å². The third kappa shape index (κ3) is 3.15. The maximum atomic E-state index is 11.6. The van der Waals surface area contributed by atoms with Crippen molar-refractivity contribution in [3.05, 3.63) is 54.2 Å². The molecule has 0 bridgehead atoms. The molecular weight excluding hydrogens is 304 g/mol. The first-order valence-corrected chi connectivity index (χ1v) is 7.41. The van der Waals surface area contributed by atoms with Crippen molar-refractivity contribution in [1.82, 2.24) is 9.97 Å². The van der Waals surface area contributed by atoms with E-state index in [9.17, 15) is 4.79 Å². The van der Waals surface area contributed by atoms with Crippen molar-refractivity contribution in [2.75, 3.05) is 11.9 Å². The van der Waals surface area contributed by atoms with E-state index in [2.05, 4.69) is 15.3 Å². The summed E-state index contributed by atoms with van der Waals surface area (Å²) in [6, 6.07) is 14.9. The number of esters is 1. The van der Waals surface area contributed by atoms with Crippen LogP contribution in [0.1, 0.15) is 6.92 Å². The van der Waals surface area contributed by atoms with Gasteiger partial charge in [-0.1, -0.05) is 12.1 Å². The maximum absolute atomic E-state index is 11.6. The van der Waals surface area contributed by atoms with E-state index in [1.807, 2.05) is 48.5 Å². The Balaban J connectivity index is 1.91. The lowest BCUT2D eigenvalue weighted by molar-refractivity contribution is -0.138. The standard InChI is InChI=1S/C18H14N4O2/c1-2-24-18(23)12(10-19)11-20-13-7-8-16-17(9-13)22-15-6-4-3-5-14(15)21-16/h3-9,11,20H,2H2,1H3/b12-11-. The van der Waals surface area contributed by atoms with Gasteiger partial charge in [0, 0.05) is 11.9 Å². The highest BCUT2D eigenvalue weighted by Crippen LogP contribution is 2.19. The number of aromatic nitrogens is 2. The number of para-hydroxylation sites is 2. The Morgan fingerprint density at radius 1 is 1.17 bits per heavy atom. The smallest absolute Gasteiger partial charge is 0.350 e. The molecule has 0 aliphatic rings. The lowest BCUT2D eigenvalue weighted by Gasteiger charge is -2.05. The van der Waals surface area contributed by atoms with Crippen LogP contribution in [0.15, 0.2) is 54.2 Å². The van der Waals surface area contributed by atoms with E-state index >= 15 is 0 Å². The number of fused-ring (bicyclic) bond motifs is 2. The number of benzene rings is 2. The predicted molar refractivity (Wildman–Crippen MR) is 91.0 cm³/mol. The van der Waals surface area contributed by atoms with Crippen molar-refractivity contribution < 1.29 is 9.53 Å². The summed E-state index contributed by atoms with van der Waals surface area (Å²) in [5.74, 6) is -0.654. The van der Waals surface area contributed by atoms with Gasteiger partial charge in [0.15, 0.2) is 5.57 Å². The van der Waals surface area contributed by atoms with Crippen LogP contribution in [0.5, 0.6) is 0 Å². The van der Waals surface area contributed by atoms with Crippen molar-refractivity contribution in [2.45, 2.75) is 6.92 Å². The first-order chi connectivity index (χ1) is 11.7. The second-order valence-electron chi connectivity index (χ2n) is 4.95. The van der Waals surface area contributed by atoms with Gasteiger partial charge in [0.25, 0.3) is 0 Å². The largest absolute Gasteiger partial charge is 0.462 e. The second-order valence-corrected chi connectivity index (χ2v) is 4.95. The molecule has 0 fully saturated rings. The molecule has 6 heteroatoms. The van der Waals surface area contributed by atoms with Crippen LogP contribution in [0, 0.1) is 11.3 Å². The van der Waals surface area contributed by atoms with E-state index in [0.29, 0.717) is 5.69 Å². The number of nitrogens with zero attached hydrogens (tertiary/aromatic N) is 3. The number of ether oxygens (including phenoxy) is 1. The number of nitrogens with one attached hydrogen (secondary N) is 1. The summed E-state index contributed by atoms with van der Waals surface area (Å²) in [6.45, 7) is 1.91. The van der Waals surface area contributed by atoms with Crippen molar-refractivity contribution in [3.63, 3.8) is 0 Å². The monoisotopic (exact) mass is 318 g/mol. The van der Waals surface area contributed by atoms with Crippen LogP contribution in [0.2, 0.25) is 0 Å². The molecule has 118 valence electrons. The summed E-state index contributed by atoms with van der Waals surface area (Å²) in [6.07, 6.45) is 1.33. The van der Waals surface area contributed by atoms with Crippen molar-refractivity contribution in [3.8, 4) is 6.07 Å². The van der Waals surface area contributed by atoms with E-state index in [0.717, 1.165) is 22.1 Å². The lowest BCUT2D eigenvalue weighted by atomic mass is 10.2. The summed E-state index contributed by atoms with van der Waals surface area (Å²) >= 11 is 0. The van der Waals surface area contributed by atoms with Gasteiger partial charge in [-0.3, -0.25) is 0 Å².